The molecular formula is C8H19B2NO2. The maximum atomic E-state index is 10.5. The predicted octanol–water partition coefficient (Wildman–Crippen LogP) is -0.469. The van der Waals surface area contributed by atoms with Gasteiger partial charge in [-0.1, -0.05) is 0 Å². The van der Waals surface area contributed by atoms with Crippen molar-refractivity contribution in [2.45, 2.75) is 38.5 Å². The van der Waals surface area contributed by atoms with Crippen molar-refractivity contribution in [1.29, 1.82) is 0 Å². The minimum atomic E-state index is -0.706. The summed E-state index contributed by atoms with van der Waals surface area (Å²) in [6.07, 6.45) is 0.711. The molecule has 3 nitrogen and oxygen atoms in total. The van der Waals surface area contributed by atoms with Gasteiger partial charge in [-0.15, -0.1) is 0 Å². The monoisotopic (exact) mass is 183 g/mol. The Kier molecular flexibility index (Phi) is 4.54. The molecule has 5 heteroatoms. The summed E-state index contributed by atoms with van der Waals surface area (Å²) in [4.78, 5) is 12.7. The van der Waals surface area contributed by atoms with Gasteiger partial charge in [-0.25, -0.2) is 0 Å². The van der Waals surface area contributed by atoms with Gasteiger partial charge >= 0.3 is 0 Å². The minimum absolute atomic E-state index is 0.123. The first-order valence-electron chi connectivity index (χ1n) is 4.69. The molecule has 0 rings (SSSR count). The van der Waals surface area contributed by atoms with E-state index in [9.17, 15) is 4.79 Å². The molecule has 0 aromatic heterocycles. The van der Waals surface area contributed by atoms with Crippen LogP contribution in [0.1, 0.15) is 27.2 Å². The third kappa shape index (κ3) is 4.98. The van der Waals surface area contributed by atoms with Crippen LogP contribution in [0.5, 0.6) is 0 Å². The molecule has 0 aliphatic heterocycles. The van der Waals surface area contributed by atoms with E-state index in [-0.39, 0.29) is 11.4 Å². The standard InChI is InChI=1S/C8H19B2NO2/c1-8(2,3)11(10)5-4-6(9)7(12)13/h6H,4-5,9-10H2,1-3H3,(H,12,13). The summed E-state index contributed by atoms with van der Waals surface area (Å²) in [5, 5.41) is 8.68. The van der Waals surface area contributed by atoms with Crippen molar-refractivity contribution in [3.05, 3.63) is 0 Å². The van der Waals surface area contributed by atoms with Gasteiger partial charge in [0.15, 0.2) is 7.98 Å². The Morgan fingerprint density at radius 3 is 2.31 bits per heavy atom. The van der Waals surface area contributed by atoms with Gasteiger partial charge in [0.2, 0.25) is 0 Å². The maximum absolute atomic E-state index is 10.5. The van der Waals surface area contributed by atoms with Crippen LogP contribution in [0.25, 0.3) is 0 Å². The zero-order chi connectivity index (χ0) is 10.6. The molecule has 0 aliphatic carbocycles. The highest BCUT2D eigenvalue weighted by Crippen LogP contribution is 2.13. The molecule has 0 aliphatic rings. The lowest BCUT2D eigenvalue weighted by Crippen LogP contribution is -2.40. The zero-order valence-electron chi connectivity index (χ0n) is 9.29. The third-order valence-electron chi connectivity index (χ3n) is 2.46. The van der Waals surface area contributed by atoms with Crippen molar-refractivity contribution in [3.63, 3.8) is 0 Å². The van der Waals surface area contributed by atoms with E-state index in [2.05, 4.69) is 25.6 Å². The first-order valence-corrected chi connectivity index (χ1v) is 4.69. The van der Waals surface area contributed by atoms with Crippen LogP contribution in [0, 0.1) is 0 Å². The van der Waals surface area contributed by atoms with Crippen molar-refractivity contribution >= 4 is 21.8 Å². The lowest BCUT2D eigenvalue weighted by molar-refractivity contribution is -0.137. The number of nitrogens with zero attached hydrogens (tertiary/aromatic N) is 1. The number of aliphatic carboxylic acids is 1. The Balaban J connectivity index is 3.83. The Hall–Kier alpha value is -0.440. The van der Waals surface area contributed by atoms with Gasteiger partial charge in [0.05, 0.1) is 0 Å². The molecule has 74 valence electrons. The highest BCUT2D eigenvalue weighted by Gasteiger charge is 2.18. The van der Waals surface area contributed by atoms with Gasteiger partial charge in [-0.05, 0) is 33.7 Å². The molecule has 13 heavy (non-hydrogen) atoms. The van der Waals surface area contributed by atoms with Gasteiger partial charge in [0.25, 0.3) is 5.97 Å². The van der Waals surface area contributed by atoms with Crippen molar-refractivity contribution in [2.24, 2.45) is 0 Å². The van der Waals surface area contributed by atoms with Gasteiger partial charge in [-0.3, -0.25) is 4.79 Å². The summed E-state index contributed by atoms with van der Waals surface area (Å²) < 4.78 is 0. The normalized spacial score (nSPS) is 14.5. The van der Waals surface area contributed by atoms with Crippen molar-refractivity contribution in [3.8, 4) is 0 Å². The molecule has 0 amide bonds. The summed E-state index contributed by atoms with van der Waals surface area (Å²) in [6, 6.07) is 0. The summed E-state index contributed by atoms with van der Waals surface area (Å²) >= 11 is 0. The van der Waals surface area contributed by atoms with E-state index >= 15 is 0 Å². The van der Waals surface area contributed by atoms with Gasteiger partial charge in [0, 0.05) is 11.4 Å². The average molecular weight is 183 g/mol. The highest BCUT2D eigenvalue weighted by molar-refractivity contribution is 6.22. The summed E-state index contributed by atoms with van der Waals surface area (Å²) in [5.74, 6) is -0.952. The Morgan fingerprint density at radius 2 is 2.00 bits per heavy atom. The lowest BCUT2D eigenvalue weighted by Gasteiger charge is -2.33. The first-order chi connectivity index (χ1) is 5.75. The van der Waals surface area contributed by atoms with Gasteiger partial charge in [0.1, 0.15) is 7.85 Å². The van der Waals surface area contributed by atoms with Gasteiger partial charge < -0.3 is 9.92 Å². The molecule has 0 spiro atoms. The molecular weight excluding hydrogens is 164 g/mol. The van der Waals surface area contributed by atoms with E-state index in [1.807, 2.05) is 7.98 Å². The molecule has 0 heterocycles. The van der Waals surface area contributed by atoms with Crippen LogP contribution in [0.15, 0.2) is 0 Å². The molecule has 1 unspecified atom stereocenters. The second-order valence-corrected chi connectivity index (χ2v) is 4.62. The van der Waals surface area contributed by atoms with Crippen LogP contribution in [0.4, 0.5) is 0 Å². The molecule has 0 fully saturated rings. The summed E-state index contributed by atoms with van der Waals surface area (Å²) in [7, 11) is 3.77. The Labute approximate surface area is 82.3 Å². The maximum Gasteiger partial charge on any atom is 0.298 e. The van der Waals surface area contributed by atoms with Crippen LogP contribution in [-0.2, 0) is 4.79 Å². The smallest absolute Gasteiger partial charge is 0.298 e. The fourth-order valence-corrected chi connectivity index (χ4v) is 0.846. The Morgan fingerprint density at radius 1 is 1.54 bits per heavy atom. The SMILES string of the molecule is BC(CCN(B)C(C)(C)C)C(=O)O. The van der Waals surface area contributed by atoms with E-state index in [1.165, 1.54) is 0 Å². The number of carboxylic acid groups (broad SMARTS) is 1. The highest BCUT2D eigenvalue weighted by atomic mass is 16.4. The van der Waals surface area contributed by atoms with Crippen molar-refractivity contribution < 1.29 is 9.90 Å². The predicted molar refractivity (Wildman–Crippen MR) is 59.5 cm³/mol. The average Bonchev–Trinajstić information content (AvgIpc) is 1.97. The van der Waals surface area contributed by atoms with Crippen LogP contribution in [0.3, 0.4) is 0 Å². The molecule has 0 aromatic rings. The first kappa shape index (κ1) is 12.6. The Bertz CT molecular complexity index is 179. The quantitative estimate of drug-likeness (QED) is 0.599. The van der Waals surface area contributed by atoms with E-state index in [1.54, 1.807) is 7.85 Å². The molecule has 1 atom stereocenters. The molecule has 0 bridgehead atoms. The minimum Gasteiger partial charge on any atom is -0.482 e. The number of carbonyl (C=O) groups is 1. The van der Waals surface area contributed by atoms with Crippen LogP contribution in [-0.4, -0.2) is 43.8 Å². The van der Waals surface area contributed by atoms with E-state index in [0.29, 0.717) is 6.42 Å². The van der Waals surface area contributed by atoms with E-state index < -0.39 is 5.97 Å². The van der Waals surface area contributed by atoms with E-state index in [0.717, 1.165) is 6.54 Å². The topological polar surface area (TPSA) is 40.5 Å². The van der Waals surface area contributed by atoms with Crippen molar-refractivity contribution in [1.82, 2.24) is 4.81 Å². The number of carboxylic acids is 1. The number of hydrogen-bond donors (Lipinski definition) is 1. The molecule has 0 saturated heterocycles. The lowest BCUT2D eigenvalue weighted by atomic mass is 9.84. The largest absolute Gasteiger partial charge is 0.482 e. The molecule has 0 radical (unpaired) electrons. The fourth-order valence-electron chi connectivity index (χ4n) is 0.846. The van der Waals surface area contributed by atoms with Crippen molar-refractivity contribution in [2.75, 3.05) is 6.54 Å². The number of hydrogen-bond acceptors (Lipinski definition) is 2. The number of rotatable bonds is 4. The van der Waals surface area contributed by atoms with Crippen LogP contribution >= 0.6 is 0 Å². The summed E-state index contributed by atoms with van der Waals surface area (Å²) in [6.45, 7) is 7.20. The fraction of sp³-hybridized carbons (Fsp3) is 0.875. The second kappa shape index (κ2) is 4.70. The molecule has 0 aromatic carbocycles. The molecule has 0 saturated carbocycles. The van der Waals surface area contributed by atoms with Crippen LogP contribution in [0.2, 0.25) is 5.82 Å². The summed E-state index contributed by atoms with van der Waals surface area (Å²) in [5.41, 5.74) is 0.123. The van der Waals surface area contributed by atoms with Crippen LogP contribution < -0.4 is 0 Å². The molecule has 1 N–H and O–H groups in total. The zero-order valence-corrected chi connectivity index (χ0v) is 9.29. The second-order valence-electron chi connectivity index (χ2n) is 4.62. The van der Waals surface area contributed by atoms with Gasteiger partial charge in [-0.2, -0.15) is 0 Å². The van der Waals surface area contributed by atoms with E-state index in [4.69, 9.17) is 5.11 Å². The third-order valence-corrected chi connectivity index (χ3v) is 2.46.